The number of urea groups is 1. The minimum Gasteiger partial charge on any atom is -0.319 e. The number of amides is 4. The van der Waals surface area contributed by atoms with Gasteiger partial charge in [-0.15, -0.1) is 0 Å². The summed E-state index contributed by atoms with van der Waals surface area (Å²) in [5, 5.41) is 4.34. The molecule has 4 amide bonds. The summed E-state index contributed by atoms with van der Waals surface area (Å²) in [7, 11) is 0. The van der Waals surface area contributed by atoms with E-state index in [1.807, 2.05) is 66.7 Å². The van der Waals surface area contributed by atoms with Gasteiger partial charge in [-0.25, -0.2) is 4.79 Å². The second kappa shape index (κ2) is 8.84. The highest BCUT2D eigenvalue weighted by Gasteiger charge is 2.49. The standard InChI is InChI=1S/C24H21BrN4O3/c1-24(17-9-8-10-18(25)15-17)22(31)28(23(32)26-24)16-21(30)27-29(19-11-4-2-5-12-19)20-13-6-3-7-14-20/h2-15H,16H2,1H3,(H,26,32)(H,27,30). The quantitative estimate of drug-likeness (QED) is 0.401. The summed E-state index contributed by atoms with van der Waals surface area (Å²) in [6.07, 6.45) is 0. The van der Waals surface area contributed by atoms with Crippen molar-refractivity contribution < 1.29 is 14.4 Å². The van der Waals surface area contributed by atoms with E-state index in [0.717, 1.165) is 20.7 Å². The van der Waals surface area contributed by atoms with Crippen molar-refractivity contribution in [2.24, 2.45) is 0 Å². The first-order valence-electron chi connectivity index (χ1n) is 9.98. The van der Waals surface area contributed by atoms with Gasteiger partial charge < -0.3 is 5.32 Å². The molecule has 8 heteroatoms. The Kier molecular flexibility index (Phi) is 5.96. The summed E-state index contributed by atoms with van der Waals surface area (Å²) in [5.74, 6) is -0.985. The number of hydrogen-bond donors (Lipinski definition) is 2. The number of hydrogen-bond acceptors (Lipinski definition) is 4. The molecule has 162 valence electrons. The molecule has 0 bridgehead atoms. The smallest absolute Gasteiger partial charge is 0.319 e. The summed E-state index contributed by atoms with van der Waals surface area (Å²) in [5.41, 5.74) is 3.66. The second-order valence-electron chi connectivity index (χ2n) is 7.50. The zero-order chi connectivity index (χ0) is 22.7. The lowest BCUT2D eigenvalue weighted by Crippen LogP contribution is -2.47. The van der Waals surface area contributed by atoms with Crippen molar-refractivity contribution in [3.63, 3.8) is 0 Å². The summed E-state index contributed by atoms with van der Waals surface area (Å²) >= 11 is 3.39. The van der Waals surface area contributed by atoms with Crippen molar-refractivity contribution in [3.8, 4) is 0 Å². The molecule has 0 radical (unpaired) electrons. The van der Waals surface area contributed by atoms with Crippen molar-refractivity contribution in [2.45, 2.75) is 12.5 Å². The van der Waals surface area contributed by atoms with Gasteiger partial charge in [0.05, 0.1) is 11.4 Å². The Labute approximate surface area is 194 Å². The molecule has 7 nitrogen and oxygen atoms in total. The first kappa shape index (κ1) is 21.6. The Morgan fingerprint density at radius 3 is 2.12 bits per heavy atom. The number of hydrazine groups is 1. The van der Waals surface area contributed by atoms with Crippen molar-refractivity contribution in [1.29, 1.82) is 0 Å². The number of nitrogens with one attached hydrogen (secondary N) is 2. The van der Waals surface area contributed by atoms with Crippen molar-refractivity contribution in [1.82, 2.24) is 15.6 Å². The van der Waals surface area contributed by atoms with Gasteiger partial charge in [0.2, 0.25) is 0 Å². The van der Waals surface area contributed by atoms with Gasteiger partial charge >= 0.3 is 6.03 Å². The highest BCUT2D eigenvalue weighted by Crippen LogP contribution is 2.30. The molecular weight excluding hydrogens is 472 g/mol. The Morgan fingerprint density at radius 2 is 1.56 bits per heavy atom. The first-order valence-corrected chi connectivity index (χ1v) is 10.8. The van der Waals surface area contributed by atoms with Gasteiger partial charge in [0, 0.05) is 4.47 Å². The summed E-state index contributed by atoms with van der Waals surface area (Å²) in [6.45, 7) is 1.22. The van der Waals surface area contributed by atoms with Gasteiger partial charge in [-0.05, 0) is 48.9 Å². The topological polar surface area (TPSA) is 81.8 Å². The number of imide groups is 1. The SMILES string of the molecule is CC1(c2cccc(Br)c2)NC(=O)N(CC(=O)NN(c2ccccc2)c2ccccc2)C1=O. The van der Waals surface area contributed by atoms with Gasteiger partial charge in [-0.1, -0.05) is 64.5 Å². The van der Waals surface area contributed by atoms with Gasteiger partial charge in [0.15, 0.2) is 0 Å². The molecule has 1 unspecified atom stereocenters. The van der Waals surface area contributed by atoms with E-state index in [2.05, 4.69) is 26.7 Å². The molecule has 2 N–H and O–H groups in total. The number of halogens is 1. The number of carbonyl (C=O) groups excluding carboxylic acids is 3. The Hall–Kier alpha value is -3.65. The molecule has 32 heavy (non-hydrogen) atoms. The first-order chi connectivity index (χ1) is 15.4. The number of rotatable bonds is 6. The van der Waals surface area contributed by atoms with Crippen LogP contribution in [0.1, 0.15) is 12.5 Å². The normalized spacial score (nSPS) is 17.8. The predicted octanol–water partition coefficient (Wildman–Crippen LogP) is 4.09. The lowest BCUT2D eigenvalue weighted by molar-refractivity contribution is -0.134. The fourth-order valence-electron chi connectivity index (χ4n) is 3.57. The van der Waals surface area contributed by atoms with E-state index in [1.165, 1.54) is 0 Å². The minimum absolute atomic E-state index is 0.412. The molecule has 0 spiro atoms. The lowest BCUT2D eigenvalue weighted by Gasteiger charge is -2.26. The van der Waals surface area contributed by atoms with Gasteiger partial charge in [0.1, 0.15) is 12.1 Å². The van der Waals surface area contributed by atoms with E-state index in [-0.39, 0.29) is 0 Å². The maximum atomic E-state index is 13.1. The monoisotopic (exact) mass is 492 g/mol. The van der Waals surface area contributed by atoms with Crippen LogP contribution in [0.5, 0.6) is 0 Å². The molecule has 1 fully saturated rings. The molecule has 1 aliphatic heterocycles. The molecule has 0 aliphatic carbocycles. The van der Waals surface area contributed by atoms with Crippen LogP contribution in [0.3, 0.4) is 0 Å². The molecule has 1 aliphatic rings. The number of nitrogens with zero attached hydrogens (tertiary/aromatic N) is 2. The zero-order valence-corrected chi connectivity index (χ0v) is 18.9. The van der Waals surface area contributed by atoms with Crippen LogP contribution in [0.25, 0.3) is 0 Å². The summed E-state index contributed by atoms with van der Waals surface area (Å²) in [4.78, 5) is 39.6. The number of benzene rings is 3. The third-order valence-corrected chi connectivity index (χ3v) is 5.74. The van der Waals surface area contributed by atoms with Crippen LogP contribution in [0, 0.1) is 0 Å². The number of carbonyl (C=O) groups is 3. The van der Waals surface area contributed by atoms with Crippen LogP contribution in [-0.4, -0.2) is 29.3 Å². The summed E-state index contributed by atoms with van der Waals surface area (Å²) < 4.78 is 0.788. The predicted molar refractivity (Wildman–Crippen MR) is 125 cm³/mol. The van der Waals surface area contributed by atoms with E-state index in [4.69, 9.17) is 0 Å². The van der Waals surface area contributed by atoms with Crippen molar-refractivity contribution in [2.75, 3.05) is 11.6 Å². The number of para-hydroxylation sites is 2. The number of anilines is 2. The Bertz CT molecular complexity index is 1120. The fraction of sp³-hybridized carbons (Fsp3) is 0.125. The van der Waals surface area contributed by atoms with Gasteiger partial charge in [-0.2, -0.15) is 0 Å². The van der Waals surface area contributed by atoms with Crippen LogP contribution < -0.4 is 15.8 Å². The Morgan fingerprint density at radius 1 is 0.969 bits per heavy atom. The minimum atomic E-state index is -1.25. The molecular formula is C24H21BrN4O3. The molecule has 1 atom stereocenters. The largest absolute Gasteiger partial charge is 0.325 e. The van der Waals surface area contributed by atoms with E-state index in [1.54, 1.807) is 30.1 Å². The van der Waals surface area contributed by atoms with Crippen LogP contribution in [0.2, 0.25) is 0 Å². The Balaban J connectivity index is 1.54. The third-order valence-electron chi connectivity index (χ3n) is 5.24. The van der Waals surface area contributed by atoms with E-state index in [9.17, 15) is 14.4 Å². The van der Waals surface area contributed by atoms with Gasteiger partial charge in [-0.3, -0.25) is 24.9 Å². The maximum absolute atomic E-state index is 13.1. The lowest BCUT2D eigenvalue weighted by atomic mass is 9.92. The van der Waals surface area contributed by atoms with Crippen LogP contribution in [0.15, 0.2) is 89.4 Å². The van der Waals surface area contributed by atoms with Crippen LogP contribution in [0.4, 0.5) is 16.2 Å². The fourth-order valence-corrected chi connectivity index (χ4v) is 3.97. The van der Waals surface area contributed by atoms with Crippen molar-refractivity contribution in [3.05, 3.63) is 95.0 Å². The second-order valence-corrected chi connectivity index (χ2v) is 8.41. The third kappa shape index (κ3) is 4.22. The van der Waals surface area contributed by atoms with Crippen LogP contribution >= 0.6 is 15.9 Å². The van der Waals surface area contributed by atoms with Gasteiger partial charge in [0.25, 0.3) is 11.8 Å². The molecule has 0 saturated carbocycles. The van der Waals surface area contributed by atoms with E-state index >= 15 is 0 Å². The summed E-state index contributed by atoms with van der Waals surface area (Å²) in [6, 6.07) is 25.2. The molecule has 3 aromatic rings. The van der Waals surface area contributed by atoms with Crippen LogP contribution in [-0.2, 0) is 15.1 Å². The highest BCUT2D eigenvalue weighted by atomic mass is 79.9. The molecule has 0 aromatic heterocycles. The molecule has 4 rings (SSSR count). The molecule has 1 saturated heterocycles. The molecule has 1 heterocycles. The maximum Gasteiger partial charge on any atom is 0.325 e. The van der Waals surface area contributed by atoms with Crippen molar-refractivity contribution >= 4 is 45.2 Å². The average Bonchev–Trinajstić information content (AvgIpc) is 3.02. The average molecular weight is 493 g/mol. The van der Waals surface area contributed by atoms with E-state index in [0.29, 0.717) is 5.56 Å². The zero-order valence-electron chi connectivity index (χ0n) is 17.3. The van der Waals surface area contributed by atoms with E-state index < -0.39 is 29.9 Å². The molecule has 3 aromatic carbocycles. The highest BCUT2D eigenvalue weighted by molar-refractivity contribution is 9.10.